The van der Waals surface area contributed by atoms with Crippen molar-refractivity contribution in [2.24, 2.45) is 11.8 Å². The van der Waals surface area contributed by atoms with Crippen LogP contribution in [0.25, 0.3) is 0 Å². The van der Waals surface area contributed by atoms with Crippen LogP contribution in [-0.4, -0.2) is 96.7 Å². The average Bonchev–Trinajstić information content (AvgIpc) is 0.915. The number of aliphatic hydroxyl groups excluding tert-OH is 1. The third kappa shape index (κ3) is 87.7. The first kappa shape index (κ1) is 111. The molecule has 672 valence electrons. The lowest BCUT2D eigenvalue weighted by atomic mass is 10.0. The molecule has 0 amide bonds. The fourth-order valence-corrected chi connectivity index (χ4v) is 16.4. The molecular formula is C94H184O17P2. The van der Waals surface area contributed by atoms with Crippen LogP contribution in [0.3, 0.4) is 0 Å². The molecule has 5 atom stereocenters. The highest BCUT2D eigenvalue weighted by Gasteiger charge is 2.31. The van der Waals surface area contributed by atoms with E-state index in [0.717, 1.165) is 102 Å². The van der Waals surface area contributed by atoms with Crippen molar-refractivity contribution in [3.8, 4) is 0 Å². The van der Waals surface area contributed by atoms with E-state index < -0.39 is 97.5 Å². The molecule has 17 nitrogen and oxygen atoms in total. The molecule has 0 aromatic rings. The van der Waals surface area contributed by atoms with Gasteiger partial charge in [0.25, 0.3) is 0 Å². The second-order valence-corrected chi connectivity index (χ2v) is 37.6. The van der Waals surface area contributed by atoms with Gasteiger partial charge in [0.05, 0.1) is 26.4 Å². The lowest BCUT2D eigenvalue weighted by Crippen LogP contribution is -2.30. The van der Waals surface area contributed by atoms with Gasteiger partial charge in [0.15, 0.2) is 12.2 Å². The second-order valence-electron chi connectivity index (χ2n) is 34.7. The molecule has 0 aliphatic rings. The molecule has 0 rings (SSSR count). The Morgan fingerprint density at radius 1 is 0.239 bits per heavy atom. The number of aliphatic hydroxyl groups is 1. The maximum absolute atomic E-state index is 13.2. The summed E-state index contributed by atoms with van der Waals surface area (Å²) in [6.45, 7) is 9.74. The number of carbonyl (C=O) groups is 4. The van der Waals surface area contributed by atoms with Crippen molar-refractivity contribution in [3.05, 3.63) is 0 Å². The van der Waals surface area contributed by atoms with Gasteiger partial charge < -0.3 is 33.8 Å². The Labute approximate surface area is 696 Å². The number of rotatable bonds is 93. The normalized spacial score (nSPS) is 13.7. The smallest absolute Gasteiger partial charge is 0.462 e. The van der Waals surface area contributed by atoms with Crippen LogP contribution in [0.15, 0.2) is 0 Å². The van der Waals surface area contributed by atoms with Crippen molar-refractivity contribution in [1.82, 2.24) is 0 Å². The standard InChI is InChI=1S/C94H184O17P2/c1-7-9-11-13-15-17-19-21-23-25-27-28-29-30-36-40-44-48-54-61-67-73-78-93(98)110-89(82-104-91(96)76-70-64-58-52-46-42-38-35-32-31-33-37-41-45-50-56-62-68-74-86(3)4)84-108-112(100,101)106-80-88(95)81-107-113(102,103)109-85-90(83-105-92(97)77-71-65-59-55-49-51-57-63-69-75-87(5)6)111-94(99)79-72-66-60-53-47-43-39-34-26-24-22-20-18-16-14-12-10-8-2/h86-90,95H,7-85H2,1-6H3,(H,100,101)(H,102,103)/t88-,89-,90-/m1/s1. The Morgan fingerprint density at radius 3 is 0.602 bits per heavy atom. The first-order valence-electron chi connectivity index (χ1n) is 48.5. The molecule has 0 saturated carbocycles. The second kappa shape index (κ2) is 85.1. The first-order chi connectivity index (χ1) is 54.9. The third-order valence-electron chi connectivity index (χ3n) is 22.2. The van der Waals surface area contributed by atoms with Gasteiger partial charge in [-0.1, -0.05) is 459 Å². The molecule has 0 aromatic carbocycles. The molecule has 0 radical (unpaired) electrons. The molecule has 19 heteroatoms. The number of hydrogen-bond donors (Lipinski definition) is 3. The fourth-order valence-electron chi connectivity index (χ4n) is 14.8. The monoisotopic (exact) mass is 1650 g/mol. The topological polar surface area (TPSA) is 237 Å². The minimum Gasteiger partial charge on any atom is -0.462 e. The molecular weight excluding hydrogens is 1460 g/mol. The number of carbonyl (C=O) groups excluding carboxylic acids is 4. The molecule has 0 bridgehead atoms. The summed E-state index contributed by atoms with van der Waals surface area (Å²) in [5.74, 6) is -0.526. The Hall–Kier alpha value is -1.94. The predicted molar refractivity (Wildman–Crippen MR) is 469 cm³/mol. The van der Waals surface area contributed by atoms with Gasteiger partial charge in [-0.2, -0.15) is 0 Å². The van der Waals surface area contributed by atoms with E-state index in [9.17, 15) is 43.2 Å². The lowest BCUT2D eigenvalue weighted by molar-refractivity contribution is -0.161. The minimum absolute atomic E-state index is 0.109. The van der Waals surface area contributed by atoms with E-state index in [1.165, 1.54) is 327 Å². The highest BCUT2D eigenvalue weighted by molar-refractivity contribution is 7.47. The molecule has 2 unspecified atom stereocenters. The van der Waals surface area contributed by atoms with Crippen molar-refractivity contribution >= 4 is 39.5 Å². The summed E-state index contributed by atoms with van der Waals surface area (Å²) in [6.07, 6.45) is 80.8. The van der Waals surface area contributed by atoms with Crippen molar-refractivity contribution in [2.75, 3.05) is 39.6 Å². The fraction of sp³-hybridized carbons (Fsp3) is 0.957. The molecule has 0 saturated heterocycles. The summed E-state index contributed by atoms with van der Waals surface area (Å²) in [6, 6.07) is 0. The van der Waals surface area contributed by atoms with E-state index in [0.29, 0.717) is 25.7 Å². The maximum atomic E-state index is 13.2. The molecule has 3 N–H and O–H groups in total. The molecule has 0 aromatic heterocycles. The van der Waals surface area contributed by atoms with E-state index in [1.54, 1.807) is 0 Å². The molecule has 0 spiro atoms. The van der Waals surface area contributed by atoms with Gasteiger partial charge in [-0.25, -0.2) is 9.13 Å². The number of phosphoric acid groups is 2. The molecule has 0 aliphatic heterocycles. The van der Waals surface area contributed by atoms with Crippen LogP contribution in [0.5, 0.6) is 0 Å². The van der Waals surface area contributed by atoms with Gasteiger partial charge in [0.2, 0.25) is 0 Å². The zero-order valence-electron chi connectivity index (χ0n) is 74.7. The van der Waals surface area contributed by atoms with E-state index >= 15 is 0 Å². The lowest BCUT2D eigenvalue weighted by Gasteiger charge is -2.21. The van der Waals surface area contributed by atoms with Gasteiger partial charge >= 0.3 is 39.5 Å². The number of unbranched alkanes of at least 4 members (excludes halogenated alkanes) is 63. The zero-order chi connectivity index (χ0) is 82.7. The van der Waals surface area contributed by atoms with Gasteiger partial charge in [-0.05, 0) is 37.5 Å². The predicted octanol–water partition coefficient (Wildman–Crippen LogP) is 29.4. The summed E-state index contributed by atoms with van der Waals surface area (Å²) in [5, 5.41) is 10.7. The van der Waals surface area contributed by atoms with Crippen LogP contribution >= 0.6 is 15.6 Å². The van der Waals surface area contributed by atoms with E-state index in [4.69, 9.17) is 37.0 Å². The highest BCUT2D eigenvalue weighted by Crippen LogP contribution is 2.45. The first-order valence-corrected chi connectivity index (χ1v) is 51.5. The molecule has 0 heterocycles. The third-order valence-corrected chi connectivity index (χ3v) is 24.1. The summed E-state index contributed by atoms with van der Waals surface area (Å²) >= 11 is 0. The van der Waals surface area contributed by atoms with Crippen molar-refractivity contribution in [1.29, 1.82) is 0 Å². The van der Waals surface area contributed by atoms with E-state index in [-0.39, 0.29) is 25.7 Å². The quantitative estimate of drug-likeness (QED) is 0.0222. The maximum Gasteiger partial charge on any atom is 0.472 e. The van der Waals surface area contributed by atoms with Gasteiger partial charge in [0.1, 0.15) is 19.3 Å². The summed E-state index contributed by atoms with van der Waals surface area (Å²) in [4.78, 5) is 73.5. The van der Waals surface area contributed by atoms with Crippen LogP contribution in [0, 0.1) is 11.8 Å². The highest BCUT2D eigenvalue weighted by atomic mass is 31.2. The number of esters is 4. The number of ether oxygens (including phenoxy) is 4. The molecule has 0 fully saturated rings. The van der Waals surface area contributed by atoms with Gasteiger partial charge in [-0.3, -0.25) is 37.3 Å². The van der Waals surface area contributed by atoms with Crippen LogP contribution in [0.1, 0.15) is 510 Å². The van der Waals surface area contributed by atoms with E-state index in [2.05, 4.69) is 41.5 Å². The Morgan fingerprint density at radius 2 is 0.407 bits per heavy atom. The van der Waals surface area contributed by atoms with Gasteiger partial charge in [0, 0.05) is 25.7 Å². The van der Waals surface area contributed by atoms with Crippen molar-refractivity contribution in [2.45, 2.75) is 529 Å². The van der Waals surface area contributed by atoms with Crippen LogP contribution in [-0.2, 0) is 65.4 Å². The van der Waals surface area contributed by atoms with Crippen molar-refractivity contribution < 1.29 is 80.2 Å². The number of hydrogen-bond acceptors (Lipinski definition) is 15. The van der Waals surface area contributed by atoms with Crippen LogP contribution in [0.2, 0.25) is 0 Å². The summed E-state index contributed by atoms with van der Waals surface area (Å²) in [5.41, 5.74) is 0. The summed E-state index contributed by atoms with van der Waals surface area (Å²) < 4.78 is 69.2. The SMILES string of the molecule is CCCCCCCCCCCCCCCCCCCCCCCCC(=O)O[C@H](COC(=O)CCCCCCCCCCCCCCCCCCCCC(C)C)COP(=O)(O)OC[C@@H](O)COP(=O)(O)OC[C@@H](COC(=O)CCCCCCCCCCCC(C)C)OC(=O)CCCCCCCCCCCCCCCCCCCC. The van der Waals surface area contributed by atoms with Crippen LogP contribution in [0.4, 0.5) is 0 Å². The Balaban J connectivity index is 5.24. The van der Waals surface area contributed by atoms with E-state index in [1.807, 2.05) is 0 Å². The van der Waals surface area contributed by atoms with Crippen molar-refractivity contribution in [3.63, 3.8) is 0 Å². The minimum atomic E-state index is -4.97. The largest absolute Gasteiger partial charge is 0.472 e. The Kier molecular flexibility index (Phi) is 83.6. The Bertz CT molecular complexity index is 2150. The number of phosphoric ester groups is 2. The zero-order valence-corrected chi connectivity index (χ0v) is 76.5. The molecule has 113 heavy (non-hydrogen) atoms. The average molecular weight is 1650 g/mol. The van der Waals surface area contributed by atoms with Gasteiger partial charge in [-0.15, -0.1) is 0 Å². The summed E-state index contributed by atoms with van der Waals surface area (Å²) in [7, 11) is -9.94. The molecule has 0 aliphatic carbocycles. The van der Waals surface area contributed by atoms with Crippen LogP contribution < -0.4 is 0 Å².